The second kappa shape index (κ2) is 6.60. The largest absolute Gasteiger partial charge is 0.507 e. The van der Waals surface area contributed by atoms with E-state index in [1.807, 2.05) is 0 Å². The standard InChI is InChI=1S/C18H19NO6S/c1-11-7-14(19(21)22)8-12(2)18(11)25-15-5-6-16(20)17(9-15)26(23,24)10-13-3-4-13/h5-9,13,20H,3-4,10H2,1-2H3. The Balaban J connectivity index is 1.94. The van der Waals surface area contributed by atoms with Crippen molar-refractivity contribution >= 4 is 15.5 Å². The van der Waals surface area contributed by atoms with Crippen LogP contribution in [-0.4, -0.2) is 24.2 Å². The number of nitro groups is 1. The van der Waals surface area contributed by atoms with Crippen molar-refractivity contribution in [3.63, 3.8) is 0 Å². The van der Waals surface area contributed by atoms with Crippen molar-refractivity contribution < 1.29 is 23.2 Å². The molecule has 1 N–H and O–H groups in total. The molecule has 2 aromatic carbocycles. The Morgan fingerprint density at radius 1 is 1.19 bits per heavy atom. The fraction of sp³-hybridized carbons (Fsp3) is 0.333. The zero-order valence-corrected chi connectivity index (χ0v) is 15.2. The number of hydrogen-bond donors (Lipinski definition) is 1. The van der Waals surface area contributed by atoms with E-state index in [2.05, 4.69) is 0 Å². The van der Waals surface area contributed by atoms with E-state index >= 15 is 0 Å². The molecule has 7 nitrogen and oxygen atoms in total. The third-order valence-corrected chi connectivity index (χ3v) is 6.20. The molecule has 3 rings (SSSR count). The van der Waals surface area contributed by atoms with E-state index in [-0.39, 0.29) is 33.8 Å². The lowest BCUT2D eigenvalue weighted by Gasteiger charge is -2.13. The number of hydrogen-bond acceptors (Lipinski definition) is 6. The number of rotatable bonds is 6. The summed E-state index contributed by atoms with van der Waals surface area (Å²) < 4.78 is 30.7. The Labute approximate surface area is 151 Å². The Hall–Kier alpha value is -2.61. The number of phenols is 1. The monoisotopic (exact) mass is 377 g/mol. The second-order valence-corrected chi connectivity index (χ2v) is 8.62. The van der Waals surface area contributed by atoms with Gasteiger partial charge in [-0.15, -0.1) is 0 Å². The van der Waals surface area contributed by atoms with Crippen LogP contribution in [0.1, 0.15) is 24.0 Å². The maximum Gasteiger partial charge on any atom is 0.270 e. The van der Waals surface area contributed by atoms with Gasteiger partial charge in [0, 0.05) is 18.2 Å². The van der Waals surface area contributed by atoms with Crippen LogP contribution in [-0.2, 0) is 9.84 Å². The number of benzene rings is 2. The van der Waals surface area contributed by atoms with Crippen LogP contribution in [0, 0.1) is 29.9 Å². The van der Waals surface area contributed by atoms with E-state index in [0.717, 1.165) is 12.8 Å². The van der Waals surface area contributed by atoms with Crippen LogP contribution in [0.15, 0.2) is 35.2 Å². The molecule has 0 bridgehead atoms. The fourth-order valence-electron chi connectivity index (χ4n) is 2.80. The first-order valence-corrected chi connectivity index (χ1v) is 9.82. The number of sulfone groups is 1. The van der Waals surface area contributed by atoms with Gasteiger partial charge < -0.3 is 9.84 Å². The van der Waals surface area contributed by atoms with Crippen LogP contribution in [0.5, 0.6) is 17.2 Å². The van der Waals surface area contributed by atoms with Gasteiger partial charge in [0.2, 0.25) is 0 Å². The number of phenolic OH excluding ortho intramolecular Hbond substituents is 1. The lowest BCUT2D eigenvalue weighted by atomic mass is 10.1. The Morgan fingerprint density at radius 3 is 2.35 bits per heavy atom. The molecule has 0 spiro atoms. The van der Waals surface area contributed by atoms with Crippen molar-refractivity contribution in [1.82, 2.24) is 0 Å². The van der Waals surface area contributed by atoms with Crippen molar-refractivity contribution in [3.05, 3.63) is 51.6 Å². The van der Waals surface area contributed by atoms with Gasteiger partial charge in [-0.3, -0.25) is 10.1 Å². The summed E-state index contributed by atoms with van der Waals surface area (Å²) in [6, 6.07) is 6.84. The summed E-state index contributed by atoms with van der Waals surface area (Å²) in [6.07, 6.45) is 1.77. The summed E-state index contributed by atoms with van der Waals surface area (Å²) in [5.74, 6) is 0.530. The van der Waals surface area contributed by atoms with E-state index in [1.165, 1.54) is 30.3 Å². The van der Waals surface area contributed by atoms with Gasteiger partial charge >= 0.3 is 0 Å². The lowest BCUT2D eigenvalue weighted by molar-refractivity contribution is -0.385. The molecule has 26 heavy (non-hydrogen) atoms. The first-order valence-electron chi connectivity index (χ1n) is 8.16. The molecule has 0 radical (unpaired) electrons. The summed E-state index contributed by atoms with van der Waals surface area (Å²) >= 11 is 0. The van der Waals surface area contributed by atoms with Crippen LogP contribution >= 0.6 is 0 Å². The first kappa shape index (κ1) is 18.2. The predicted octanol–water partition coefficient (Wildman–Crippen LogP) is 3.89. The molecule has 0 unspecified atom stereocenters. The number of ether oxygens (including phenoxy) is 1. The van der Waals surface area contributed by atoms with Gasteiger partial charge in [0.05, 0.1) is 10.7 Å². The average Bonchev–Trinajstić information content (AvgIpc) is 3.35. The van der Waals surface area contributed by atoms with E-state index in [0.29, 0.717) is 16.9 Å². The van der Waals surface area contributed by atoms with Crippen molar-refractivity contribution in [2.75, 3.05) is 5.75 Å². The van der Waals surface area contributed by atoms with Crippen LogP contribution in [0.25, 0.3) is 0 Å². The predicted molar refractivity (Wildman–Crippen MR) is 95.5 cm³/mol. The quantitative estimate of drug-likeness (QED) is 0.604. The molecular weight excluding hydrogens is 358 g/mol. The number of aryl methyl sites for hydroxylation is 2. The molecule has 8 heteroatoms. The minimum atomic E-state index is -3.60. The SMILES string of the molecule is Cc1cc([N+](=O)[O-])cc(C)c1Oc1ccc(O)c(S(=O)(=O)CC2CC2)c1. The summed E-state index contributed by atoms with van der Waals surface area (Å²) in [7, 11) is -3.60. The van der Waals surface area contributed by atoms with Crippen molar-refractivity contribution in [2.24, 2.45) is 5.92 Å². The van der Waals surface area contributed by atoms with E-state index in [9.17, 15) is 23.6 Å². The molecule has 2 aromatic rings. The van der Waals surface area contributed by atoms with Crippen molar-refractivity contribution in [3.8, 4) is 17.2 Å². The van der Waals surface area contributed by atoms with Gasteiger partial charge in [-0.2, -0.15) is 0 Å². The molecule has 0 heterocycles. The molecule has 1 saturated carbocycles. The summed E-state index contributed by atoms with van der Waals surface area (Å²) in [6.45, 7) is 3.36. The first-order chi connectivity index (χ1) is 12.2. The molecule has 0 amide bonds. The molecule has 0 aromatic heterocycles. The number of non-ortho nitro benzene ring substituents is 1. The Kier molecular flexibility index (Phi) is 4.62. The molecule has 1 fully saturated rings. The highest BCUT2D eigenvalue weighted by molar-refractivity contribution is 7.91. The third-order valence-electron chi connectivity index (χ3n) is 4.29. The van der Waals surface area contributed by atoms with Gasteiger partial charge in [-0.1, -0.05) is 0 Å². The van der Waals surface area contributed by atoms with E-state index in [4.69, 9.17) is 4.74 Å². The zero-order chi connectivity index (χ0) is 19.1. The second-order valence-electron chi connectivity index (χ2n) is 6.62. The Morgan fingerprint density at radius 2 is 1.81 bits per heavy atom. The summed E-state index contributed by atoms with van der Waals surface area (Å²) in [4.78, 5) is 10.3. The van der Waals surface area contributed by atoms with Crippen molar-refractivity contribution in [1.29, 1.82) is 0 Å². The summed E-state index contributed by atoms with van der Waals surface area (Å²) in [5, 5.41) is 20.9. The Bertz CT molecular complexity index is 956. The molecule has 0 saturated heterocycles. The lowest BCUT2D eigenvalue weighted by Crippen LogP contribution is -2.08. The van der Waals surface area contributed by atoms with E-state index < -0.39 is 14.8 Å². The smallest absolute Gasteiger partial charge is 0.270 e. The average molecular weight is 377 g/mol. The van der Waals surface area contributed by atoms with E-state index in [1.54, 1.807) is 13.8 Å². The van der Waals surface area contributed by atoms with Gasteiger partial charge in [-0.05, 0) is 55.9 Å². The van der Waals surface area contributed by atoms with Gasteiger partial charge in [0.15, 0.2) is 9.84 Å². The highest BCUT2D eigenvalue weighted by Gasteiger charge is 2.31. The number of aromatic hydroxyl groups is 1. The molecule has 0 aliphatic heterocycles. The fourth-order valence-corrected chi connectivity index (χ4v) is 4.62. The normalized spacial score (nSPS) is 14.2. The van der Waals surface area contributed by atoms with Crippen molar-refractivity contribution in [2.45, 2.75) is 31.6 Å². The highest BCUT2D eigenvalue weighted by Crippen LogP contribution is 2.37. The number of nitrogens with zero attached hydrogens (tertiary/aromatic N) is 1. The maximum absolute atomic E-state index is 12.5. The molecule has 138 valence electrons. The molecule has 1 aliphatic carbocycles. The van der Waals surface area contributed by atoms with Crippen LogP contribution in [0.3, 0.4) is 0 Å². The van der Waals surface area contributed by atoms with Crippen LogP contribution in [0.4, 0.5) is 5.69 Å². The van der Waals surface area contributed by atoms with Crippen LogP contribution in [0.2, 0.25) is 0 Å². The highest BCUT2D eigenvalue weighted by atomic mass is 32.2. The molecular formula is C18H19NO6S. The molecule has 0 atom stereocenters. The van der Waals surface area contributed by atoms with Gasteiger partial charge in [0.1, 0.15) is 22.1 Å². The topological polar surface area (TPSA) is 107 Å². The summed E-state index contributed by atoms with van der Waals surface area (Å²) in [5.41, 5.74) is 1.09. The maximum atomic E-state index is 12.5. The van der Waals surface area contributed by atoms with Gasteiger partial charge in [0.25, 0.3) is 5.69 Å². The third kappa shape index (κ3) is 3.80. The minimum absolute atomic E-state index is 0.0135. The minimum Gasteiger partial charge on any atom is -0.507 e. The van der Waals surface area contributed by atoms with Gasteiger partial charge in [-0.25, -0.2) is 8.42 Å². The molecule has 1 aliphatic rings. The van der Waals surface area contributed by atoms with Crippen LogP contribution < -0.4 is 4.74 Å². The zero-order valence-electron chi connectivity index (χ0n) is 14.4. The number of nitro benzene ring substituents is 1.